The van der Waals surface area contributed by atoms with Gasteiger partial charge in [0.05, 0.1) is 0 Å². The van der Waals surface area contributed by atoms with E-state index in [4.69, 9.17) is 10.5 Å². The summed E-state index contributed by atoms with van der Waals surface area (Å²) in [6.45, 7) is 5.87. The Balaban J connectivity index is 2.37. The first-order chi connectivity index (χ1) is 7.72. The lowest BCUT2D eigenvalue weighted by molar-refractivity contribution is 0.167. The first-order valence-electron chi connectivity index (χ1n) is 5.71. The van der Waals surface area contributed by atoms with Gasteiger partial charge in [-0.3, -0.25) is 4.90 Å². The molecule has 0 aliphatic carbocycles. The second kappa shape index (κ2) is 7.79. The van der Waals surface area contributed by atoms with Crippen LogP contribution in [0.15, 0.2) is 17.5 Å². The van der Waals surface area contributed by atoms with Crippen LogP contribution < -0.4 is 5.73 Å². The largest absolute Gasteiger partial charge is 0.385 e. The molecular weight excluding hydrogens is 220 g/mol. The van der Waals surface area contributed by atoms with Crippen molar-refractivity contribution in [2.45, 2.75) is 25.9 Å². The molecule has 92 valence electrons. The summed E-state index contributed by atoms with van der Waals surface area (Å²) in [6.07, 6.45) is 1.06. The summed E-state index contributed by atoms with van der Waals surface area (Å²) in [5, 5.41) is 2.12. The molecule has 0 aliphatic heterocycles. The topological polar surface area (TPSA) is 38.5 Å². The Labute approximate surface area is 102 Å². The molecule has 1 aromatic heterocycles. The monoisotopic (exact) mass is 242 g/mol. The van der Waals surface area contributed by atoms with Gasteiger partial charge in [0.25, 0.3) is 0 Å². The van der Waals surface area contributed by atoms with Crippen molar-refractivity contribution in [2.75, 3.05) is 26.8 Å². The van der Waals surface area contributed by atoms with Crippen LogP contribution in [-0.2, 0) is 11.3 Å². The standard InChI is InChI=1S/C12H22N2OS/c1-11(13)9-14(6-4-7-15-2)10-12-5-3-8-16-12/h3,5,8,11H,4,6-7,9-10,13H2,1-2H3/t11-/m0/s1. The molecule has 0 aromatic carbocycles. The van der Waals surface area contributed by atoms with Crippen LogP contribution >= 0.6 is 11.3 Å². The van der Waals surface area contributed by atoms with Crippen molar-refractivity contribution in [2.24, 2.45) is 5.73 Å². The van der Waals surface area contributed by atoms with Crippen molar-refractivity contribution in [1.29, 1.82) is 0 Å². The van der Waals surface area contributed by atoms with Crippen molar-refractivity contribution in [1.82, 2.24) is 4.90 Å². The number of nitrogens with two attached hydrogens (primary N) is 1. The Bertz CT molecular complexity index is 262. The van der Waals surface area contributed by atoms with Crippen molar-refractivity contribution in [3.63, 3.8) is 0 Å². The van der Waals surface area contributed by atoms with Crippen molar-refractivity contribution >= 4 is 11.3 Å². The molecule has 0 aliphatic rings. The Kier molecular flexibility index (Phi) is 6.64. The zero-order valence-electron chi connectivity index (χ0n) is 10.2. The van der Waals surface area contributed by atoms with E-state index in [2.05, 4.69) is 29.3 Å². The quantitative estimate of drug-likeness (QED) is 0.708. The highest BCUT2D eigenvalue weighted by Gasteiger charge is 2.08. The van der Waals surface area contributed by atoms with Crippen LogP contribution in [0.3, 0.4) is 0 Å². The van der Waals surface area contributed by atoms with Gasteiger partial charge in [-0.2, -0.15) is 0 Å². The van der Waals surface area contributed by atoms with Gasteiger partial charge in [0.1, 0.15) is 0 Å². The van der Waals surface area contributed by atoms with Crippen molar-refractivity contribution < 1.29 is 4.74 Å². The Morgan fingerprint density at radius 3 is 2.94 bits per heavy atom. The lowest BCUT2D eigenvalue weighted by Crippen LogP contribution is -2.36. The highest BCUT2D eigenvalue weighted by Crippen LogP contribution is 2.12. The molecule has 0 unspecified atom stereocenters. The smallest absolute Gasteiger partial charge is 0.0474 e. The summed E-state index contributed by atoms with van der Waals surface area (Å²) in [5.74, 6) is 0. The van der Waals surface area contributed by atoms with Crippen molar-refractivity contribution in [3.05, 3.63) is 22.4 Å². The number of thiophene rings is 1. The molecular formula is C12H22N2OS. The summed E-state index contributed by atoms with van der Waals surface area (Å²) in [7, 11) is 1.75. The second-order valence-corrected chi connectivity index (χ2v) is 5.17. The van der Waals surface area contributed by atoms with Gasteiger partial charge in [0.15, 0.2) is 0 Å². The second-order valence-electron chi connectivity index (χ2n) is 4.14. The number of nitrogens with zero attached hydrogens (tertiary/aromatic N) is 1. The molecule has 1 aromatic rings. The van der Waals surface area contributed by atoms with Crippen LogP contribution in [0.5, 0.6) is 0 Å². The molecule has 16 heavy (non-hydrogen) atoms. The molecule has 0 bridgehead atoms. The molecule has 0 saturated heterocycles. The third-order valence-electron chi connectivity index (χ3n) is 2.33. The number of hydrogen-bond donors (Lipinski definition) is 1. The van der Waals surface area contributed by atoms with E-state index in [0.29, 0.717) is 0 Å². The minimum absolute atomic E-state index is 0.225. The van der Waals surface area contributed by atoms with E-state index >= 15 is 0 Å². The summed E-state index contributed by atoms with van der Waals surface area (Å²) >= 11 is 1.80. The van der Waals surface area contributed by atoms with Crippen LogP contribution in [0.25, 0.3) is 0 Å². The highest BCUT2D eigenvalue weighted by atomic mass is 32.1. The summed E-state index contributed by atoms with van der Waals surface area (Å²) < 4.78 is 5.08. The summed E-state index contributed by atoms with van der Waals surface area (Å²) in [6, 6.07) is 4.50. The molecule has 1 heterocycles. The Morgan fingerprint density at radius 2 is 2.38 bits per heavy atom. The fourth-order valence-electron chi connectivity index (χ4n) is 1.70. The van der Waals surface area contributed by atoms with Gasteiger partial charge in [-0.25, -0.2) is 0 Å². The first-order valence-corrected chi connectivity index (χ1v) is 6.59. The molecule has 4 heteroatoms. The van der Waals surface area contributed by atoms with Gasteiger partial charge in [0, 0.05) is 44.3 Å². The molecule has 1 atom stereocenters. The van der Waals surface area contributed by atoms with E-state index < -0.39 is 0 Å². The van der Waals surface area contributed by atoms with Crippen LogP contribution in [0, 0.1) is 0 Å². The highest BCUT2D eigenvalue weighted by molar-refractivity contribution is 7.09. The zero-order valence-corrected chi connectivity index (χ0v) is 11.0. The first kappa shape index (κ1) is 13.6. The number of hydrogen-bond acceptors (Lipinski definition) is 4. The average Bonchev–Trinajstić information content (AvgIpc) is 2.69. The van der Waals surface area contributed by atoms with Crippen LogP contribution in [0.1, 0.15) is 18.2 Å². The lowest BCUT2D eigenvalue weighted by atomic mass is 10.3. The number of ether oxygens (including phenoxy) is 1. The average molecular weight is 242 g/mol. The van der Waals surface area contributed by atoms with E-state index in [1.54, 1.807) is 18.4 Å². The van der Waals surface area contributed by atoms with Gasteiger partial charge in [-0.1, -0.05) is 6.07 Å². The van der Waals surface area contributed by atoms with Crippen LogP contribution in [0.2, 0.25) is 0 Å². The van der Waals surface area contributed by atoms with Crippen molar-refractivity contribution in [3.8, 4) is 0 Å². The lowest BCUT2D eigenvalue weighted by Gasteiger charge is -2.23. The maximum atomic E-state index is 5.86. The third-order valence-corrected chi connectivity index (χ3v) is 3.19. The Morgan fingerprint density at radius 1 is 1.56 bits per heavy atom. The molecule has 0 amide bonds. The fourth-order valence-corrected chi connectivity index (χ4v) is 2.44. The molecule has 1 rings (SSSR count). The maximum Gasteiger partial charge on any atom is 0.0474 e. The molecule has 2 N–H and O–H groups in total. The van der Waals surface area contributed by atoms with E-state index in [-0.39, 0.29) is 6.04 Å². The molecule has 3 nitrogen and oxygen atoms in total. The fraction of sp³-hybridized carbons (Fsp3) is 0.667. The van der Waals surface area contributed by atoms with Gasteiger partial charge >= 0.3 is 0 Å². The Hall–Kier alpha value is -0.420. The molecule has 0 saturated carbocycles. The SMILES string of the molecule is COCCCN(Cc1cccs1)C[C@H](C)N. The summed E-state index contributed by atoms with van der Waals surface area (Å²) in [4.78, 5) is 3.80. The minimum Gasteiger partial charge on any atom is -0.385 e. The van der Waals surface area contributed by atoms with Gasteiger partial charge in [0.2, 0.25) is 0 Å². The van der Waals surface area contributed by atoms with Gasteiger partial charge in [-0.15, -0.1) is 11.3 Å². The molecule has 0 fully saturated rings. The number of methoxy groups -OCH3 is 1. The number of rotatable bonds is 8. The predicted molar refractivity (Wildman–Crippen MR) is 69.7 cm³/mol. The summed E-state index contributed by atoms with van der Waals surface area (Å²) in [5.41, 5.74) is 5.86. The zero-order chi connectivity index (χ0) is 11.8. The van der Waals surface area contributed by atoms with E-state index in [1.807, 2.05) is 0 Å². The predicted octanol–water partition coefficient (Wildman–Crippen LogP) is 1.93. The van der Waals surface area contributed by atoms with Gasteiger partial charge < -0.3 is 10.5 Å². The third kappa shape index (κ3) is 5.61. The van der Waals surface area contributed by atoms with Crippen LogP contribution in [-0.4, -0.2) is 37.7 Å². The van der Waals surface area contributed by atoms with E-state index in [9.17, 15) is 0 Å². The molecule has 0 spiro atoms. The molecule has 0 radical (unpaired) electrons. The normalized spacial score (nSPS) is 13.2. The van der Waals surface area contributed by atoms with Gasteiger partial charge in [-0.05, 0) is 24.8 Å². The minimum atomic E-state index is 0.225. The van der Waals surface area contributed by atoms with Crippen LogP contribution in [0.4, 0.5) is 0 Å². The van der Waals surface area contributed by atoms with E-state index in [0.717, 1.165) is 32.7 Å². The van der Waals surface area contributed by atoms with E-state index in [1.165, 1.54) is 4.88 Å². The maximum absolute atomic E-state index is 5.86.